The van der Waals surface area contributed by atoms with Crippen LogP contribution in [0.1, 0.15) is 5.56 Å². The van der Waals surface area contributed by atoms with Gasteiger partial charge in [0, 0.05) is 26.3 Å². The van der Waals surface area contributed by atoms with Gasteiger partial charge >= 0.3 is 0 Å². The number of hydrogen-bond acceptors (Lipinski definition) is 2. The number of halogens is 1. The van der Waals surface area contributed by atoms with Crippen molar-refractivity contribution in [2.24, 2.45) is 0 Å². The zero-order valence-corrected chi connectivity index (χ0v) is 7.89. The van der Waals surface area contributed by atoms with Gasteiger partial charge in [0.1, 0.15) is 5.82 Å². The Hall–Kier alpha value is -1.25. The first-order valence-electron chi connectivity index (χ1n) is 4.42. The summed E-state index contributed by atoms with van der Waals surface area (Å²) in [6.45, 7) is 0.922. The number of anilines is 2. The summed E-state index contributed by atoms with van der Waals surface area (Å²) in [4.78, 5) is 1.80. The fourth-order valence-electron chi connectivity index (χ4n) is 1.65. The Morgan fingerprint density at radius 3 is 2.85 bits per heavy atom. The molecular weight excluding hydrogens is 167 g/mol. The van der Waals surface area contributed by atoms with Gasteiger partial charge in [-0.3, -0.25) is 0 Å². The highest BCUT2D eigenvalue weighted by Gasteiger charge is 2.14. The largest absolute Gasteiger partial charge is 0.384 e. The third-order valence-electron chi connectivity index (χ3n) is 2.36. The molecule has 1 aromatic carbocycles. The number of rotatable bonds is 1. The summed E-state index contributed by atoms with van der Waals surface area (Å²) in [6.07, 6.45) is 0.996. The maximum Gasteiger partial charge on any atom is 0.148 e. The van der Waals surface area contributed by atoms with Crippen LogP contribution in [0.4, 0.5) is 15.8 Å². The fraction of sp³-hybridized carbons (Fsp3) is 0.400. The Labute approximate surface area is 77.4 Å². The third kappa shape index (κ3) is 1.34. The molecule has 1 aromatic rings. The molecule has 70 valence electrons. The maximum absolute atomic E-state index is 13.4. The fourth-order valence-corrected chi connectivity index (χ4v) is 1.65. The summed E-state index contributed by atoms with van der Waals surface area (Å²) < 4.78 is 13.4. The van der Waals surface area contributed by atoms with Crippen LogP contribution in [-0.2, 0) is 6.42 Å². The molecular formula is C10H13FN2. The van der Waals surface area contributed by atoms with Crippen molar-refractivity contribution in [2.45, 2.75) is 6.42 Å². The first kappa shape index (κ1) is 8.35. The molecule has 1 aliphatic heterocycles. The lowest BCUT2D eigenvalue weighted by molar-refractivity contribution is 0.626. The zero-order valence-electron chi connectivity index (χ0n) is 7.89. The zero-order chi connectivity index (χ0) is 9.42. The van der Waals surface area contributed by atoms with Crippen LogP contribution in [0.2, 0.25) is 0 Å². The SMILES string of the molecule is CN(C)c1cc2c(cc1F)NCC2. The van der Waals surface area contributed by atoms with Crippen molar-refractivity contribution in [1.29, 1.82) is 0 Å². The van der Waals surface area contributed by atoms with Crippen molar-refractivity contribution in [3.63, 3.8) is 0 Å². The minimum atomic E-state index is -0.154. The molecule has 0 unspecified atom stereocenters. The van der Waals surface area contributed by atoms with E-state index < -0.39 is 0 Å². The second-order valence-electron chi connectivity index (χ2n) is 3.53. The summed E-state index contributed by atoms with van der Waals surface area (Å²) in [5.41, 5.74) is 2.83. The minimum Gasteiger partial charge on any atom is -0.384 e. The number of nitrogens with zero attached hydrogens (tertiary/aromatic N) is 1. The Balaban J connectivity index is 2.49. The van der Waals surface area contributed by atoms with Gasteiger partial charge in [0.05, 0.1) is 5.69 Å². The molecule has 0 saturated heterocycles. The van der Waals surface area contributed by atoms with Crippen molar-refractivity contribution < 1.29 is 4.39 Å². The first-order valence-corrected chi connectivity index (χ1v) is 4.42. The minimum absolute atomic E-state index is 0.154. The van der Waals surface area contributed by atoms with Crippen molar-refractivity contribution in [3.05, 3.63) is 23.5 Å². The molecule has 3 heteroatoms. The van der Waals surface area contributed by atoms with Crippen LogP contribution < -0.4 is 10.2 Å². The van der Waals surface area contributed by atoms with Crippen molar-refractivity contribution in [2.75, 3.05) is 30.9 Å². The molecule has 0 amide bonds. The van der Waals surface area contributed by atoms with E-state index in [9.17, 15) is 4.39 Å². The average Bonchev–Trinajstić information content (AvgIpc) is 2.48. The van der Waals surface area contributed by atoms with E-state index in [2.05, 4.69) is 5.32 Å². The van der Waals surface area contributed by atoms with E-state index in [0.29, 0.717) is 5.69 Å². The molecule has 0 saturated carbocycles. The molecule has 2 rings (SSSR count). The summed E-state index contributed by atoms with van der Waals surface area (Å²) in [7, 11) is 3.71. The quantitative estimate of drug-likeness (QED) is 0.709. The molecule has 1 heterocycles. The van der Waals surface area contributed by atoms with Crippen LogP contribution in [0.15, 0.2) is 12.1 Å². The smallest absolute Gasteiger partial charge is 0.148 e. The van der Waals surface area contributed by atoms with Gasteiger partial charge in [-0.25, -0.2) is 4.39 Å². The first-order chi connectivity index (χ1) is 6.18. The predicted molar refractivity (Wildman–Crippen MR) is 52.9 cm³/mol. The Bertz CT molecular complexity index is 334. The average molecular weight is 180 g/mol. The van der Waals surface area contributed by atoms with Crippen molar-refractivity contribution in [3.8, 4) is 0 Å². The van der Waals surface area contributed by atoms with Crippen LogP contribution in [0.5, 0.6) is 0 Å². The lowest BCUT2D eigenvalue weighted by atomic mass is 10.1. The van der Waals surface area contributed by atoms with Gasteiger partial charge in [0.25, 0.3) is 0 Å². The summed E-state index contributed by atoms with van der Waals surface area (Å²) >= 11 is 0. The number of hydrogen-bond donors (Lipinski definition) is 1. The molecule has 13 heavy (non-hydrogen) atoms. The van der Waals surface area contributed by atoms with E-state index in [1.54, 1.807) is 11.0 Å². The standard InChI is InChI=1S/C10H13FN2/c1-13(2)10-5-7-3-4-12-9(7)6-8(10)11/h5-6,12H,3-4H2,1-2H3. The summed E-state index contributed by atoms with van der Waals surface area (Å²) in [5, 5.41) is 3.15. The number of benzene rings is 1. The van der Waals surface area contributed by atoms with Gasteiger partial charge in [-0.2, -0.15) is 0 Å². The van der Waals surface area contributed by atoms with Gasteiger partial charge in [-0.05, 0) is 24.1 Å². The Kier molecular flexibility index (Phi) is 1.87. The van der Waals surface area contributed by atoms with Gasteiger partial charge in [-0.1, -0.05) is 0 Å². The number of nitrogens with one attached hydrogen (secondary N) is 1. The van der Waals surface area contributed by atoms with Crippen LogP contribution in [0, 0.1) is 5.82 Å². The molecule has 0 spiro atoms. The van der Waals surface area contributed by atoms with Gasteiger partial charge in [0.15, 0.2) is 0 Å². The second-order valence-corrected chi connectivity index (χ2v) is 3.53. The molecule has 2 nitrogen and oxygen atoms in total. The summed E-state index contributed by atoms with van der Waals surface area (Å²) in [5.74, 6) is -0.154. The molecule has 0 aromatic heterocycles. The lowest BCUT2D eigenvalue weighted by Crippen LogP contribution is -2.10. The molecule has 1 N–H and O–H groups in total. The van der Waals surface area contributed by atoms with Crippen molar-refractivity contribution >= 4 is 11.4 Å². The second kappa shape index (κ2) is 2.91. The Morgan fingerprint density at radius 1 is 1.38 bits per heavy atom. The van der Waals surface area contributed by atoms with Crippen LogP contribution >= 0.6 is 0 Å². The van der Waals surface area contributed by atoms with Gasteiger partial charge < -0.3 is 10.2 Å². The molecule has 1 aliphatic rings. The molecule has 0 aliphatic carbocycles. The molecule has 0 atom stereocenters. The van der Waals surface area contributed by atoms with Crippen molar-refractivity contribution in [1.82, 2.24) is 0 Å². The van der Waals surface area contributed by atoms with Crippen LogP contribution in [0.25, 0.3) is 0 Å². The normalized spacial score (nSPS) is 13.8. The summed E-state index contributed by atoms with van der Waals surface area (Å²) in [6, 6.07) is 3.50. The van der Waals surface area contributed by atoms with E-state index in [0.717, 1.165) is 18.7 Å². The van der Waals surface area contributed by atoms with Gasteiger partial charge in [0.2, 0.25) is 0 Å². The van der Waals surface area contributed by atoms with E-state index in [-0.39, 0.29) is 5.82 Å². The van der Waals surface area contributed by atoms with Gasteiger partial charge in [-0.15, -0.1) is 0 Å². The van der Waals surface area contributed by atoms with Crippen LogP contribution in [-0.4, -0.2) is 20.6 Å². The lowest BCUT2D eigenvalue weighted by Gasteiger charge is -2.14. The van der Waals surface area contributed by atoms with E-state index >= 15 is 0 Å². The monoisotopic (exact) mass is 180 g/mol. The highest BCUT2D eigenvalue weighted by atomic mass is 19.1. The van der Waals surface area contributed by atoms with Crippen LogP contribution in [0.3, 0.4) is 0 Å². The molecule has 0 radical (unpaired) electrons. The highest BCUT2D eigenvalue weighted by Crippen LogP contribution is 2.29. The predicted octanol–water partition coefficient (Wildman–Crippen LogP) is 1.86. The van der Waals surface area contributed by atoms with E-state index in [1.807, 2.05) is 20.2 Å². The maximum atomic E-state index is 13.4. The topological polar surface area (TPSA) is 15.3 Å². The number of fused-ring (bicyclic) bond motifs is 1. The van der Waals surface area contributed by atoms with E-state index in [4.69, 9.17) is 0 Å². The Morgan fingerprint density at radius 2 is 2.15 bits per heavy atom. The molecule has 0 bridgehead atoms. The highest BCUT2D eigenvalue weighted by molar-refractivity contribution is 5.63. The third-order valence-corrected chi connectivity index (χ3v) is 2.36. The molecule has 0 fully saturated rings. The van der Waals surface area contributed by atoms with E-state index in [1.165, 1.54) is 5.56 Å².